The van der Waals surface area contributed by atoms with Gasteiger partial charge in [0, 0.05) is 25.2 Å². The standard InChI is InChI=1S/C18H17FN6OS2/c1-11-15(25-7-8-27-17(25)21-11)16-22-23-18(24(16)2)28-10-14(26)20-9-12-3-5-13(19)6-4-12/h3-8H,9-10H2,1-2H3,(H,20,26). The maximum atomic E-state index is 12.9. The third kappa shape index (κ3) is 3.65. The molecule has 0 bridgehead atoms. The highest BCUT2D eigenvalue weighted by molar-refractivity contribution is 7.99. The molecule has 3 aromatic heterocycles. The Morgan fingerprint density at radius 3 is 2.86 bits per heavy atom. The largest absolute Gasteiger partial charge is 0.351 e. The molecule has 3 heterocycles. The van der Waals surface area contributed by atoms with Crippen molar-refractivity contribution in [2.75, 3.05) is 5.75 Å². The molecule has 0 saturated heterocycles. The molecule has 0 atom stereocenters. The van der Waals surface area contributed by atoms with E-state index in [-0.39, 0.29) is 17.5 Å². The highest BCUT2D eigenvalue weighted by Crippen LogP contribution is 2.27. The summed E-state index contributed by atoms with van der Waals surface area (Å²) in [6.07, 6.45) is 1.96. The summed E-state index contributed by atoms with van der Waals surface area (Å²) in [5, 5.41) is 14.0. The van der Waals surface area contributed by atoms with Crippen LogP contribution in [0.5, 0.6) is 0 Å². The van der Waals surface area contributed by atoms with Crippen LogP contribution in [0.4, 0.5) is 4.39 Å². The number of hydrogen-bond donors (Lipinski definition) is 1. The van der Waals surface area contributed by atoms with Crippen LogP contribution < -0.4 is 5.32 Å². The summed E-state index contributed by atoms with van der Waals surface area (Å²) in [5.74, 6) is 0.501. The van der Waals surface area contributed by atoms with E-state index in [9.17, 15) is 9.18 Å². The highest BCUT2D eigenvalue weighted by atomic mass is 32.2. The molecule has 0 saturated carbocycles. The minimum atomic E-state index is -0.295. The van der Waals surface area contributed by atoms with Crippen molar-refractivity contribution in [1.29, 1.82) is 0 Å². The Balaban J connectivity index is 1.41. The molecule has 0 radical (unpaired) electrons. The number of hydrogen-bond acceptors (Lipinski definition) is 6. The maximum Gasteiger partial charge on any atom is 0.230 e. The summed E-state index contributed by atoms with van der Waals surface area (Å²) in [4.78, 5) is 17.6. The number of amides is 1. The molecule has 1 aromatic carbocycles. The summed E-state index contributed by atoms with van der Waals surface area (Å²) in [5.41, 5.74) is 2.63. The number of carbonyl (C=O) groups excluding carboxylic acids is 1. The molecule has 4 rings (SSSR count). The molecule has 144 valence electrons. The third-order valence-electron chi connectivity index (χ3n) is 4.22. The van der Waals surface area contributed by atoms with E-state index in [0.29, 0.717) is 17.5 Å². The van der Waals surface area contributed by atoms with Gasteiger partial charge in [0.25, 0.3) is 0 Å². The molecule has 0 fully saturated rings. The molecule has 28 heavy (non-hydrogen) atoms. The lowest BCUT2D eigenvalue weighted by molar-refractivity contribution is -0.118. The summed E-state index contributed by atoms with van der Waals surface area (Å²) in [6, 6.07) is 6.05. The van der Waals surface area contributed by atoms with Crippen LogP contribution >= 0.6 is 23.1 Å². The Morgan fingerprint density at radius 1 is 1.29 bits per heavy atom. The van der Waals surface area contributed by atoms with Crippen molar-refractivity contribution in [3.8, 4) is 11.5 Å². The van der Waals surface area contributed by atoms with Crippen LogP contribution in [-0.4, -0.2) is 35.8 Å². The van der Waals surface area contributed by atoms with E-state index in [1.807, 2.05) is 34.5 Å². The summed E-state index contributed by atoms with van der Waals surface area (Å²) in [6.45, 7) is 2.30. The topological polar surface area (TPSA) is 77.1 Å². The second kappa shape index (κ2) is 7.72. The number of nitrogens with one attached hydrogen (secondary N) is 1. The van der Waals surface area contributed by atoms with Crippen molar-refractivity contribution in [3.63, 3.8) is 0 Å². The monoisotopic (exact) mass is 416 g/mol. The van der Waals surface area contributed by atoms with Crippen molar-refractivity contribution in [1.82, 2.24) is 29.5 Å². The van der Waals surface area contributed by atoms with Gasteiger partial charge in [0.1, 0.15) is 11.5 Å². The smallest absolute Gasteiger partial charge is 0.230 e. The second-order valence-corrected chi connectivity index (χ2v) is 7.97. The average Bonchev–Trinajstić information content (AvgIpc) is 3.34. The van der Waals surface area contributed by atoms with E-state index in [0.717, 1.165) is 21.9 Å². The first-order valence-electron chi connectivity index (χ1n) is 8.49. The predicted molar refractivity (Wildman–Crippen MR) is 107 cm³/mol. The number of rotatable bonds is 6. The quantitative estimate of drug-likeness (QED) is 0.489. The molecule has 0 aliphatic heterocycles. The van der Waals surface area contributed by atoms with Crippen LogP contribution in [0, 0.1) is 12.7 Å². The van der Waals surface area contributed by atoms with E-state index < -0.39 is 0 Å². The lowest BCUT2D eigenvalue weighted by Gasteiger charge is -2.06. The first-order valence-corrected chi connectivity index (χ1v) is 10.4. The lowest BCUT2D eigenvalue weighted by Crippen LogP contribution is -2.24. The molecule has 0 aliphatic rings. The van der Waals surface area contributed by atoms with Crippen molar-refractivity contribution in [3.05, 3.63) is 52.9 Å². The average molecular weight is 417 g/mol. The molecule has 10 heteroatoms. The van der Waals surface area contributed by atoms with Gasteiger partial charge in [-0.25, -0.2) is 9.37 Å². The lowest BCUT2D eigenvalue weighted by atomic mass is 10.2. The number of nitrogens with zero attached hydrogens (tertiary/aromatic N) is 5. The molecule has 1 N–H and O–H groups in total. The van der Waals surface area contributed by atoms with Gasteiger partial charge in [-0.15, -0.1) is 21.5 Å². The number of aryl methyl sites for hydroxylation is 1. The third-order valence-corrected chi connectivity index (χ3v) is 6.00. The second-order valence-electron chi connectivity index (χ2n) is 6.16. The van der Waals surface area contributed by atoms with Gasteiger partial charge in [-0.3, -0.25) is 9.20 Å². The van der Waals surface area contributed by atoms with Crippen molar-refractivity contribution in [2.24, 2.45) is 7.05 Å². The van der Waals surface area contributed by atoms with Crippen LogP contribution in [0.3, 0.4) is 0 Å². The number of halogens is 1. The van der Waals surface area contributed by atoms with Crippen LogP contribution in [0.1, 0.15) is 11.3 Å². The van der Waals surface area contributed by atoms with Crippen LogP contribution in [0.25, 0.3) is 16.5 Å². The van der Waals surface area contributed by atoms with Crippen molar-refractivity contribution >= 4 is 34.0 Å². The van der Waals surface area contributed by atoms with Gasteiger partial charge >= 0.3 is 0 Å². The van der Waals surface area contributed by atoms with Gasteiger partial charge in [0.05, 0.1) is 11.4 Å². The Hall–Kier alpha value is -2.72. The molecule has 0 aliphatic carbocycles. The highest BCUT2D eigenvalue weighted by Gasteiger charge is 2.19. The van der Waals surface area contributed by atoms with E-state index in [1.54, 1.807) is 23.5 Å². The zero-order chi connectivity index (χ0) is 19.7. The number of imidazole rings is 1. The summed E-state index contributed by atoms with van der Waals surface area (Å²) in [7, 11) is 1.87. The molecule has 0 spiro atoms. The first-order chi connectivity index (χ1) is 13.5. The Bertz CT molecular complexity index is 1130. The van der Waals surface area contributed by atoms with Gasteiger partial charge in [-0.05, 0) is 24.6 Å². The fourth-order valence-corrected chi connectivity index (χ4v) is 4.29. The van der Waals surface area contributed by atoms with Crippen LogP contribution in [0.15, 0.2) is 41.0 Å². The SMILES string of the molecule is Cc1nc2sccn2c1-c1nnc(SCC(=O)NCc2ccc(F)cc2)n1C. The Morgan fingerprint density at radius 2 is 2.07 bits per heavy atom. The summed E-state index contributed by atoms with van der Waals surface area (Å²) >= 11 is 2.88. The summed E-state index contributed by atoms with van der Waals surface area (Å²) < 4.78 is 16.8. The van der Waals surface area contributed by atoms with Gasteiger partial charge in [0.15, 0.2) is 15.9 Å². The maximum absolute atomic E-state index is 12.9. The van der Waals surface area contributed by atoms with Gasteiger partial charge in [-0.1, -0.05) is 23.9 Å². The number of thioether (sulfide) groups is 1. The zero-order valence-corrected chi connectivity index (χ0v) is 16.9. The first kappa shape index (κ1) is 18.6. The molecule has 1 amide bonds. The predicted octanol–water partition coefficient (Wildman–Crippen LogP) is 3.05. The van der Waals surface area contributed by atoms with Crippen LogP contribution in [0.2, 0.25) is 0 Å². The van der Waals surface area contributed by atoms with Gasteiger partial charge in [-0.2, -0.15) is 0 Å². The fraction of sp³-hybridized carbons (Fsp3) is 0.222. The molecule has 4 aromatic rings. The Kier molecular flexibility index (Phi) is 5.14. The number of thiazole rings is 1. The minimum Gasteiger partial charge on any atom is -0.351 e. The van der Waals surface area contributed by atoms with Crippen molar-refractivity contribution in [2.45, 2.75) is 18.6 Å². The van der Waals surface area contributed by atoms with E-state index in [2.05, 4.69) is 20.5 Å². The number of aromatic nitrogens is 5. The molecular weight excluding hydrogens is 399 g/mol. The molecular formula is C18H17FN6OS2. The zero-order valence-electron chi connectivity index (χ0n) is 15.2. The molecule has 7 nitrogen and oxygen atoms in total. The van der Waals surface area contributed by atoms with E-state index in [1.165, 1.54) is 23.9 Å². The van der Waals surface area contributed by atoms with Gasteiger partial charge in [0.2, 0.25) is 5.91 Å². The number of benzene rings is 1. The molecule has 0 unspecified atom stereocenters. The van der Waals surface area contributed by atoms with Gasteiger partial charge < -0.3 is 9.88 Å². The van der Waals surface area contributed by atoms with Crippen LogP contribution in [-0.2, 0) is 18.4 Å². The van der Waals surface area contributed by atoms with Crippen molar-refractivity contribution < 1.29 is 9.18 Å². The minimum absolute atomic E-state index is 0.125. The fourth-order valence-electron chi connectivity index (χ4n) is 2.79. The normalized spacial score (nSPS) is 11.2. The number of carbonyl (C=O) groups is 1. The van der Waals surface area contributed by atoms with E-state index in [4.69, 9.17) is 0 Å². The Labute approximate surface area is 168 Å². The van der Waals surface area contributed by atoms with E-state index >= 15 is 0 Å². The number of fused-ring (bicyclic) bond motifs is 1.